The van der Waals surface area contributed by atoms with E-state index < -0.39 is 53.8 Å². The minimum Gasteiger partial charge on any atom is -0.495 e. The number of nitrogens with one attached hydrogen (secondary N) is 2. The van der Waals surface area contributed by atoms with Gasteiger partial charge in [-0.05, 0) is 43.5 Å². The number of benzene rings is 1. The molecule has 0 radical (unpaired) electrons. The number of hydrogen-bond acceptors (Lipinski definition) is 8. The molecule has 5 unspecified atom stereocenters. The van der Waals surface area contributed by atoms with Gasteiger partial charge in [0, 0.05) is 19.4 Å². The molecular formula is C31H41ClN2O8. The summed E-state index contributed by atoms with van der Waals surface area (Å²) in [6.45, 7) is 8.90. The van der Waals surface area contributed by atoms with Crippen molar-refractivity contribution < 1.29 is 38.4 Å². The van der Waals surface area contributed by atoms with Gasteiger partial charge in [-0.25, -0.2) is 4.79 Å². The number of aliphatic hydroxyl groups is 1. The van der Waals surface area contributed by atoms with E-state index >= 15 is 0 Å². The van der Waals surface area contributed by atoms with Crippen LogP contribution in [0.4, 0.5) is 10.5 Å². The lowest BCUT2D eigenvalue weighted by atomic mass is 9.89. The summed E-state index contributed by atoms with van der Waals surface area (Å²) in [5, 5.41) is 17.1. The molecule has 230 valence electrons. The number of rotatable bonds is 4. The molecule has 42 heavy (non-hydrogen) atoms. The summed E-state index contributed by atoms with van der Waals surface area (Å²) in [5.41, 5.74) is 1.00. The van der Waals surface area contributed by atoms with Crippen molar-refractivity contribution in [3.63, 3.8) is 0 Å². The van der Waals surface area contributed by atoms with Crippen LogP contribution in [0, 0.1) is 11.8 Å². The zero-order valence-electron chi connectivity index (χ0n) is 25.2. The summed E-state index contributed by atoms with van der Waals surface area (Å²) in [7, 11) is 2.94. The van der Waals surface area contributed by atoms with Gasteiger partial charge in [-0.15, -0.1) is 0 Å². The molecule has 4 bridgehead atoms. The zero-order valence-corrected chi connectivity index (χ0v) is 25.9. The van der Waals surface area contributed by atoms with Crippen molar-refractivity contribution in [3.05, 3.63) is 58.2 Å². The summed E-state index contributed by atoms with van der Waals surface area (Å²) >= 11 is 6.54. The Morgan fingerprint density at radius 2 is 1.93 bits per heavy atom. The standard InChI is InChI=1S/C31H41ClN2O8/c1-17(2)29(36)41-23-15-27(35)33-22-13-21(14-24(39-6)28(22)32)11-18(3)9-8-10-26(40-7)31(38)16-25(42-30(37)34-31)20(5)12-19(23)4/h8-10,12-14,17,20,23,25-26,38H,11,15-16H2,1-7H3,(H,33,35)(H,34,37). The number of methoxy groups -OCH3 is 2. The van der Waals surface area contributed by atoms with Gasteiger partial charge in [-0.2, -0.15) is 0 Å². The van der Waals surface area contributed by atoms with E-state index in [4.69, 9.17) is 30.5 Å². The molecule has 0 aliphatic carbocycles. The Labute approximate surface area is 252 Å². The number of allylic oxidation sites excluding steroid dienone is 3. The third-order valence-corrected chi connectivity index (χ3v) is 7.67. The van der Waals surface area contributed by atoms with E-state index in [1.165, 1.54) is 14.2 Å². The second-order valence-electron chi connectivity index (χ2n) is 11.2. The first kappa shape index (κ1) is 33.2. The summed E-state index contributed by atoms with van der Waals surface area (Å²) in [6, 6.07) is 3.57. The maximum atomic E-state index is 13.3. The second-order valence-corrected chi connectivity index (χ2v) is 11.6. The van der Waals surface area contributed by atoms with Crippen LogP contribution in [-0.2, 0) is 30.2 Å². The minimum atomic E-state index is -1.74. The first-order chi connectivity index (χ1) is 19.8. The molecule has 2 aliphatic rings. The van der Waals surface area contributed by atoms with Crippen molar-refractivity contribution in [3.8, 4) is 5.75 Å². The van der Waals surface area contributed by atoms with Crippen molar-refractivity contribution in [1.82, 2.24) is 5.32 Å². The first-order valence-electron chi connectivity index (χ1n) is 13.9. The SMILES string of the molecule is COc1cc2cc(c1Cl)NC(=O)CC(OC(=O)C(C)C)C(C)=CC(C)C1CC(O)(NC(=O)O1)C(OC)C=CC=C(C)C2. The summed E-state index contributed by atoms with van der Waals surface area (Å²) in [5.74, 6) is -1.31. The van der Waals surface area contributed by atoms with Crippen molar-refractivity contribution in [2.75, 3.05) is 19.5 Å². The average Bonchev–Trinajstić information content (AvgIpc) is 2.91. The summed E-state index contributed by atoms with van der Waals surface area (Å²) < 4.78 is 22.3. The predicted molar refractivity (Wildman–Crippen MR) is 159 cm³/mol. The molecule has 2 heterocycles. The molecular weight excluding hydrogens is 564 g/mol. The number of anilines is 1. The molecule has 0 saturated carbocycles. The van der Waals surface area contributed by atoms with E-state index in [0.29, 0.717) is 23.4 Å². The van der Waals surface area contributed by atoms with Gasteiger partial charge in [0.1, 0.15) is 29.1 Å². The Hall–Kier alpha value is -3.34. The smallest absolute Gasteiger partial charge is 0.409 e. The molecule has 3 rings (SSSR count). The third-order valence-electron chi connectivity index (χ3n) is 7.28. The highest BCUT2D eigenvalue weighted by molar-refractivity contribution is 6.35. The van der Waals surface area contributed by atoms with Crippen LogP contribution in [0.15, 0.2) is 47.6 Å². The molecule has 0 spiro atoms. The third kappa shape index (κ3) is 8.36. The van der Waals surface area contributed by atoms with E-state index in [1.54, 1.807) is 51.1 Å². The second kappa shape index (κ2) is 14.2. The molecule has 3 N–H and O–H groups in total. The largest absolute Gasteiger partial charge is 0.495 e. The fraction of sp³-hybridized carbons (Fsp3) is 0.516. The number of halogens is 1. The topological polar surface area (TPSA) is 132 Å². The number of fused-ring (bicyclic) bond motifs is 4. The Balaban J connectivity index is 2.10. The quantitative estimate of drug-likeness (QED) is 0.320. The summed E-state index contributed by atoms with van der Waals surface area (Å²) in [6.07, 6.45) is 4.13. The fourth-order valence-electron chi connectivity index (χ4n) is 4.93. The zero-order chi connectivity index (χ0) is 31.2. The van der Waals surface area contributed by atoms with Crippen LogP contribution in [0.2, 0.25) is 5.02 Å². The lowest BCUT2D eigenvalue weighted by Crippen LogP contribution is -2.63. The fourth-order valence-corrected chi connectivity index (χ4v) is 5.16. The van der Waals surface area contributed by atoms with Gasteiger partial charge >= 0.3 is 12.1 Å². The molecule has 1 saturated heterocycles. The summed E-state index contributed by atoms with van der Waals surface area (Å²) in [4.78, 5) is 38.4. The highest BCUT2D eigenvalue weighted by atomic mass is 35.5. The monoisotopic (exact) mass is 604 g/mol. The van der Waals surface area contributed by atoms with Crippen LogP contribution in [0.25, 0.3) is 0 Å². The van der Waals surface area contributed by atoms with E-state index in [0.717, 1.165) is 11.1 Å². The van der Waals surface area contributed by atoms with E-state index in [2.05, 4.69) is 10.6 Å². The van der Waals surface area contributed by atoms with E-state index in [-0.39, 0.29) is 17.9 Å². The van der Waals surface area contributed by atoms with Crippen molar-refractivity contribution in [2.24, 2.45) is 11.8 Å². The van der Waals surface area contributed by atoms with Crippen LogP contribution in [-0.4, -0.2) is 61.3 Å². The molecule has 1 aromatic carbocycles. The maximum absolute atomic E-state index is 13.3. The first-order valence-corrected chi connectivity index (χ1v) is 14.3. The Morgan fingerprint density at radius 3 is 2.57 bits per heavy atom. The van der Waals surface area contributed by atoms with Crippen LogP contribution >= 0.6 is 11.6 Å². The molecule has 2 aliphatic heterocycles. The van der Waals surface area contributed by atoms with Crippen molar-refractivity contribution >= 4 is 35.3 Å². The molecule has 5 atom stereocenters. The number of hydrogen-bond donors (Lipinski definition) is 3. The van der Waals surface area contributed by atoms with E-state index in [1.807, 2.05) is 19.9 Å². The number of amides is 2. The van der Waals surface area contributed by atoms with E-state index in [9.17, 15) is 19.5 Å². The van der Waals surface area contributed by atoms with Crippen LogP contribution < -0.4 is 15.4 Å². The van der Waals surface area contributed by atoms with Gasteiger partial charge in [0.25, 0.3) is 0 Å². The van der Waals surface area contributed by atoms with Gasteiger partial charge in [0.05, 0.1) is 25.1 Å². The van der Waals surface area contributed by atoms with Gasteiger partial charge in [0.2, 0.25) is 5.91 Å². The van der Waals surface area contributed by atoms with Crippen molar-refractivity contribution in [2.45, 2.75) is 77.9 Å². The molecule has 11 heteroatoms. The van der Waals surface area contributed by atoms with Crippen LogP contribution in [0.3, 0.4) is 0 Å². The molecule has 2 amide bonds. The Kier molecular flexibility index (Phi) is 11.2. The van der Waals surface area contributed by atoms with Gasteiger partial charge in [-0.3, -0.25) is 14.9 Å². The number of carbonyl (C=O) groups excluding carboxylic acids is 3. The predicted octanol–water partition coefficient (Wildman–Crippen LogP) is 5.09. The highest BCUT2D eigenvalue weighted by Gasteiger charge is 2.46. The lowest BCUT2D eigenvalue weighted by Gasteiger charge is -2.41. The van der Waals surface area contributed by atoms with Crippen LogP contribution in [0.1, 0.15) is 53.0 Å². The van der Waals surface area contributed by atoms with Gasteiger partial charge in [0.15, 0.2) is 5.72 Å². The van der Waals surface area contributed by atoms with Gasteiger partial charge < -0.3 is 29.4 Å². The minimum absolute atomic E-state index is 0.0241. The Bertz CT molecular complexity index is 1270. The number of ether oxygens (including phenoxy) is 4. The maximum Gasteiger partial charge on any atom is 0.409 e. The van der Waals surface area contributed by atoms with Gasteiger partial charge in [-0.1, -0.05) is 62.2 Å². The molecule has 0 aromatic heterocycles. The molecule has 1 aromatic rings. The van der Waals surface area contributed by atoms with Crippen molar-refractivity contribution in [1.29, 1.82) is 0 Å². The number of esters is 1. The highest BCUT2D eigenvalue weighted by Crippen LogP contribution is 2.35. The molecule has 10 nitrogen and oxygen atoms in total. The lowest BCUT2D eigenvalue weighted by molar-refractivity contribution is -0.151. The normalized spacial score (nSPS) is 27.3. The van der Waals surface area contributed by atoms with Crippen LogP contribution in [0.5, 0.6) is 5.75 Å². The number of alkyl carbamates (subject to hydrolysis) is 1. The molecule has 1 fully saturated rings. The number of carbonyl (C=O) groups is 3. The average molecular weight is 605 g/mol. The Morgan fingerprint density at radius 1 is 1.21 bits per heavy atom.